The summed E-state index contributed by atoms with van der Waals surface area (Å²) in [7, 11) is 0. The van der Waals surface area contributed by atoms with Crippen molar-refractivity contribution in [2.75, 3.05) is 18.0 Å². The van der Waals surface area contributed by atoms with Crippen LogP contribution in [0.1, 0.15) is 11.1 Å². The second-order valence-corrected chi connectivity index (χ2v) is 4.84. The number of hydrogen-bond donors (Lipinski definition) is 1. The Hall–Kier alpha value is -1.06. The number of nitrogens with one attached hydrogen (secondary N) is 1. The van der Waals surface area contributed by atoms with Crippen molar-refractivity contribution in [1.29, 1.82) is 0 Å². The van der Waals surface area contributed by atoms with Crippen LogP contribution in [0.4, 0.5) is 5.69 Å². The topological polar surface area (TPSA) is 32.3 Å². The predicted molar refractivity (Wildman–Crippen MR) is 64.0 cm³/mol. The molecule has 1 fully saturated rings. The van der Waals surface area contributed by atoms with Crippen LogP contribution in [-0.4, -0.2) is 25.0 Å². The number of rotatable bonds is 0. The summed E-state index contributed by atoms with van der Waals surface area (Å²) in [6.45, 7) is 3.29. The molecule has 2 aliphatic rings. The van der Waals surface area contributed by atoms with Crippen LogP contribution in [0.2, 0.25) is 5.02 Å². The van der Waals surface area contributed by atoms with Crippen LogP contribution in [0.3, 0.4) is 0 Å². The summed E-state index contributed by atoms with van der Waals surface area (Å²) < 4.78 is 0. The molecule has 0 saturated carbocycles. The molecule has 3 nitrogen and oxygen atoms in total. The van der Waals surface area contributed by atoms with Crippen molar-refractivity contribution in [3.05, 3.63) is 28.3 Å². The summed E-state index contributed by atoms with van der Waals surface area (Å²) in [6, 6.07) is 4.23. The van der Waals surface area contributed by atoms with Gasteiger partial charge in [0.2, 0.25) is 5.91 Å². The van der Waals surface area contributed by atoms with Crippen molar-refractivity contribution < 1.29 is 4.79 Å². The largest absolute Gasteiger partial charge is 0.306 e. The van der Waals surface area contributed by atoms with Gasteiger partial charge in [0, 0.05) is 11.6 Å². The molecule has 4 heteroatoms. The van der Waals surface area contributed by atoms with Crippen molar-refractivity contribution in [3.8, 4) is 0 Å². The van der Waals surface area contributed by atoms with Crippen LogP contribution < -0.4 is 10.2 Å². The van der Waals surface area contributed by atoms with Crippen molar-refractivity contribution in [2.45, 2.75) is 19.4 Å². The number of carbonyl (C=O) groups excluding carboxylic acids is 1. The van der Waals surface area contributed by atoms with Crippen LogP contribution in [0, 0.1) is 6.92 Å². The van der Waals surface area contributed by atoms with Gasteiger partial charge in [0.05, 0.1) is 18.3 Å². The van der Waals surface area contributed by atoms with Crippen LogP contribution in [0.25, 0.3) is 0 Å². The minimum atomic E-state index is 0.153. The van der Waals surface area contributed by atoms with Gasteiger partial charge >= 0.3 is 0 Å². The first-order valence-electron chi connectivity index (χ1n) is 5.49. The summed E-state index contributed by atoms with van der Waals surface area (Å²) in [5.41, 5.74) is 3.31. The van der Waals surface area contributed by atoms with Crippen LogP contribution >= 0.6 is 11.6 Å². The standard InChI is InChI=1S/C12H13ClN2O/c1-7-10(13)3-2-8-4-9-5-14-6-11(16)15(9)12(7)8/h2-3,9,14H,4-6H2,1H3. The Morgan fingerprint density at radius 2 is 2.31 bits per heavy atom. The second kappa shape index (κ2) is 3.47. The maximum atomic E-state index is 11.9. The number of carbonyl (C=O) groups is 1. The zero-order valence-corrected chi connectivity index (χ0v) is 9.84. The Morgan fingerprint density at radius 1 is 1.50 bits per heavy atom. The second-order valence-electron chi connectivity index (χ2n) is 4.43. The highest BCUT2D eigenvalue weighted by Crippen LogP contribution is 2.38. The molecule has 1 unspecified atom stereocenters. The van der Waals surface area contributed by atoms with Gasteiger partial charge in [0.25, 0.3) is 0 Å². The summed E-state index contributed by atoms with van der Waals surface area (Å²) in [6.07, 6.45) is 0.937. The van der Waals surface area contributed by atoms with Crippen molar-refractivity contribution in [1.82, 2.24) is 5.32 Å². The number of halogens is 1. The van der Waals surface area contributed by atoms with Crippen molar-refractivity contribution >= 4 is 23.2 Å². The Morgan fingerprint density at radius 3 is 3.12 bits per heavy atom. The SMILES string of the molecule is Cc1c(Cl)ccc2c1N1C(=O)CNCC1C2. The third-order valence-electron chi connectivity index (χ3n) is 3.43. The van der Waals surface area contributed by atoms with Crippen LogP contribution in [0.15, 0.2) is 12.1 Å². The van der Waals surface area contributed by atoms with Crippen LogP contribution in [-0.2, 0) is 11.2 Å². The molecule has 84 valence electrons. The number of fused-ring (bicyclic) bond motifs is 3. The fourth-order valence-corrected chi connectivity index (χ4v) is 2.83. The smallest absolute Gasteiger partial charge is 0.241 e. The van der Waals surface area contributed by atoms with E-state index in [4.69, 9.17) is 11.6 Å². The van der Waals surface area contributed by atoms with Gasteiger partial charge in [-0.1, -0.05) is 17.7 Å². The average Bonchev–Trinajstić information content (AvgIpc) is 2.64. The molecule has 1 N–H and O–H groups in total. The van der Waals surface area contributed by atoms with Gasteiger partial charge in [0.15, 0.2) is 0 Å². The fourth-order valence-electron chi connectivity index (χ4n) is 2.68. The van der Waals surface area contributed by atoms with Crippen molar-refractivity contribution in [2.24, 2.45) is 0 Å². The van der Waals surface area contributed by atoms with E-state index < -0.39 is 0 Å². The molecule has 0 aliphatic carbocycles. The third kappa shape index (κ3) is 1.28. The Bertz CT molecular complexity index is 472. The summed E-state index contributed by atoms with van der Waals surface area (Å²) in [5.74, 6) is 0.153. The Labute approximate surface area is 99.4 Å². The number of hydrogen-bond acceptors (Lipinski definition) is 2. The predicted octanol–water partition coefficient (Wildman–Crippen LogP) is 1.51. The maximum absolute atomic E-state index is 11.9. The quantitative estimate of drug-likeness (QED) is 0.741. The zero-order valence-electron chi connectivity index (χ0n) is 9.09. The molecular formula is C12H13ClN2O. The highest BCUT2D eigenvalue weighted by molar-refractivity contribution is 6.32. The molecular weight excluding hydrogens is 224 g/mol. The lowest BCUT2D eigenvalue weighted by Crippen LogP contribution is -2.53. The van der Waals surface area contributed by atoms with E-state index >= 15 is 0 Å². The third-order valence-corrected chi connectivity index (χ3v) is 3.84. The molecule has 1 aromatic carbocycles. The molecule has 2 heterocycles. The highest BCUT2D eigenvalue weighted by atomic mass is 35.5. The summed E-state index contributed by atoms with van der Waals surface area (Å²) in [5, 5.41) is 3.89. The number of anilines is 1. The average molecular weight is 237 g/mol. The normalized spacial score (nSPS) is 23.2. The zero-order chi connectivity index (χ0) is 11.3. The van der Waals surface area contributed by atoms with E-state index in [0.717, 1.165) is 29.2 Å². The maximum Gasteiger partial charge on any atom is 0.241 e. The van der Waals surface area contributed by atoms with Gasteiger partial charge in [-0.15, -0.1) is 0 Å². The molecule has 0 aromatic heterocycles. The van der Waals surface area contributed by atoms with Gasteiger partial charge in [-0.05, 0) is 30.5 Å². The first kappa shape index (κ1) is 10.1. The molecule has 1 aromatic rings. The van der Waals surface area contributed by atoms with Gasteiger partial charge in [0.1, 0.15) is 0 Å². The van der Waals surface area contributed by atoms with Gasteiger partial charge in [-0.3, -0.25) is 4.79 Å². The minimum Gasteiger partial charge on any atom is -0.306 e. The molecule has 1 atom stereocenters. The Balaban J connectivity index is 2.15. The lowest BCUT2D eigenvalue weighted by Gasteiger charge is -2.31. The lowest BCUT2D eigenvalue weighted by atomic mass is 10.1. The van der Waals surface area contributed by atoms with E-state index in [9.17, 15) is 4.79 Å². The van der Waals surface area contributed by atoms with E-state index in [1.807, 2.05) is 24.0 Å². The monoisotopic (exact) mass is 236 g/mol. The van der Waals surface area contributed by atoms with E-state index in [0.29, 0.717) is 6.54 Å². The fraction of sp³-hybridized carbons (Fsp3) is 0.417. The van der Waals surface area contributed by atoms with E-state index in [-0.39, 0.29) is 11.9 Å². The first-order valence-corrected chi connectivity index (χ1v) is 5.87. The Kier molecular flexibility index (Phi) is 2.19. The van der Waals surface area contributed by atoms with Crippen molar-refractivity contribution in [3.63, 3.8) is 0 Å². The molecule has 16 heavy (non-hydrogen) atoms. The summed E-state index contributed by atoms with van der Waals surface area (Å²) >= 11 is 6.12. The van der Waals surface area contributed by atoms with E-state index in [1.54, 1.807) is 0 Å². The molecule has 0 radical (unpaired) electrons. The molecule has 0 bridgehead atoms. The molecule has 1 saturated heterocycles. The minimum absolute atomic E-state index is 0.153. The number of piperazine rings is 1. The van der Waals surface area contributed by atoms with E-state index in [2.05, 4.69) is 5.32 Å². The molecule has 2 aliphatic heterocycles. The van der Waals surface area contributed by atoms with Gasteiger partial charge in [-0.25, -0.2) is 0 Å². The highest BCUT2D eigenvalue weighted by Gasteiger charge is 2.37. The van der Waals surface area contributed by atoms with E-state index in [1.165, 1.54) is 5.56 Å². The molecule has 3 rings (SSSR count). The van der Waals surface area contributed by atoms with Crippen LogP contribution in [0.5, 0.6) is 0 Å². The first-order chi connectivity index (χ1) is 7.68. The van der Waals surface area contributed by atoms with Gasteiger partial charge < -0.3 is 10.2 Å². The number of nitrogens with zero attached hydrogens (tertiary/aromatic N) is 1. The number of benzene rings is 1. The number of amides is 1. The van der Waals surface area contributed by atoms with Gasteiger partial charge in [-0.2, -0.15) is 0 Å². The molecule has 1 amide bonds. The molecule has 0 spiro atoms. The summed E-state index contributed by atoms with van der Waals surface area (Å²) in [4.78, 5) is 13.8. The lowest BCUT2D eigenvalue weighted by molar-refractivity contribution is -0.119.